The van der Waals surface area contributed by atoms with Crippen LogP contribution in [0.2, 0.25) is 0 Å². The zero-order chi connectivity index (χ0) is 22.3. The van der Waals surface area contributed by atoms with Crippen LogP contribution in [-0.2, 0) is 9.59 Å². The minimum Gasteiger partial charge on any atom is -0.507 e. The second-order valence-corrected chi connectivity index (χ2v) is 6.85. The third kappa shape index (κ3) is 4.62. The second-order valence-electron chi connectivity index (χ2n) is 6.85. The highest BCUT2D eigenvalue weighted by atomic mass is 16.3. The molecule has 0 aliphatic carbocycles. The van der Waals surface area contributed by atoms with Crippen molar-refractivity contribution in [2.75, 3.05) is 5.01 Å². The molecular weight excluding hydrogens is 376 g/mol. The molecule has 158 valence electrons. The quantitative estimate of drug-likeness (QED) is 0.535. The highest BCUT2D eigenvalue weighted by Gasteiger charge is 2.44. The van der Waals surface area contributed by atoms with Crippen LogP contribution in [0.1, 0.15) is 50.3 Å². The number of phenols is 1. The number of allylic oxidation sites excluding steroid dienone is 3. The summed E-state index contributed by atoms with van der Waals surface area (Å²) < 4.78 is 0. The zero-order valence-corrected chi connectivity index (χ0v) is 18.2. The summed E-state index contributed by atoms with van der Waals surface area (Å²) in [6.45, 7) is 9.68. The SMILES string of the molecule is C/C=C\C=C/c1c(O)ccc(C(C)C2C(=O)NN(c3ccccc3)C2=O)c1C.CC. The average Bonchev–Trinajstić information content (AvgIpc) is 3.06. The Balaban J connectivity index is 0.00000155. The molecule has 2 amide bonds. The molecular formula is C25H30N2O3. The van der Waals surface area contributed by atoms with Crippen molar-refractivity contribution in [1.82, 2.24) is 5.43 Å². The Morgan fingerprint density at radius 3 is 2.37 bits per heavy atom. The summed E-state index contributed by atoms with van der Waals surface area (Å²) in [4.78, 5) is 25.6. The van der Waals surface area contributed by atoms with Gasteiger partial charge in [-0.1, -0.05) is 69.3 Å². The van der Waals surface area contributed by atoms with Crippen LogP contribution in [0.5, 0.6) is 5.75 Å². The molecule has 2 aromatic rings. The Labute approximate surface area is 178 Å². The molecule has 2 unspecified atom stereocenters. The molecule has 0 radical (unpaired) electrons. The predicted octanol–water partition coefficient (Wildman–Crippen LogP) is 5.11. The van der Waals surface area contributed by atoms with Gasteiger partial charge in [0.25, 0.3) is 11.8 Å². The van der Waals surface area contributed by atoms with E-state index >= 15 is 0 Å². The molecule has 2 N–H and O–H groups in total. The molecule has 0 aromatic heterocycles. The molecule has 3 rings (SSSR count). The first kappa shape index (κ1) is 22.9. The van der Waals surface area contributed by atoms with Gasteiger partial charge in [-0.05, 0) is 43.2 Å². The molecule has 0 saturated carbocycles. The van der Waals surface area contributed by atoms with Crippen LogP contribution in [-0.4, -0.2) is 16.9 Å². The normalized spacial score (nSPS) is 17.2. The first-order valence-corrected chi connectivity index (χ1v) is 10.3. The first-order valence-electron chi connectivity index (χ1n) is 10.3. The molecule has 2 atom stereocenters. The minimum absolute atomic E-state index is 0.169. The van der Waals surface area contributed by atoms with Crippen LogP contribution in [0.4, 0.5) is 5.69 Å². The van der Waals surface area contributed by atoms with Crippen molar-refractivity contribution >= 4 is 23.6 Å². The van der Waals surface area contributed by atoms with Gasteiger partial charge in [-0.3, -0.25) is 15.0 Å². The van der Waals surface area contributed by atoms with E-state index < -0.39 is 5.92 Å². The highest BCUT2D eigenvalue weighted by molar-refractivity contribution is 6.15. The Morgan fingerprint density at radius 2 is 1.73 bits per heavy atom. The third-order valence-electron chi connectivity index (χ3n) is 5.10. The molecule has 1 fully saturated rings. The summed E-state index contributed by atoms with van der Waals surface area (Å²) in [5.74, 6) is -1.59. The Morgan fingerprint density at radius 1 is 1.07 bits per heavy atom. The van der Waals surface area contributed by atoms with Crippen LogP contribution in [0.15, 0.2) is 60.7 Å². The number of para-hydroxylation sites is 1. The predicted molar refractivity (Wildman–Crippen MR) is 122 cm³/mol. The van der Waals surface area contributed by atoms with Crippen molar-refractivity contribution in [2.24, 2.45) is 5.92 Å². The van der Waals surface area contributed by atoms with Crippen molar-refractivity contribution < 1.29 is 14.7 Å². The highest BCUT2D eigenvalue weighted by Crippen LogP contribution is 2.36. The van der Waals surface area contributed by atoms with Crippen molar-refractivity contribution in [3.05, 3.63) is 77.4 Å². The summed E-state index contributed by atoms with van der Waals surface area (Å²) in [5.41, 5.74) is 5.72. The number of hydrogen-bond acceptors (Lipinski definition) is 3. The number of aromatic hydroxyl groups is 1. The number of anilines is 1. The van der Waals surface area contributed by atoms with E-state index in [1.165, 1.54) is 5.01 Å². The topological polar surface area (TPSA) is 69.6 Å². The lowest BCUT2D eigenvalue weighted by Crippen LogP contribution is -2.35. The van der Waals surface area contributed by atoms with Gasteiger partial charge >= 0.3 is 0 Å². The summed E-state index contributed by atoms with van der Waals surface area (Å²) in [6, 6.07) is 12.4. The summed E-state index contributed by atoms with van der Waals surface area (Å²) in [7, 11) is 0. The molecule has 0 spiro atoms. The molecule has 0 bridgehead atoms. The number of carbonyl (C=O) groups is 2. The molecule has 5 nitrogen and oxygen atoms in total. The van der Waals surface area contributed by atoms with Crippen LogP contribution in [0.3, 0.4) is 0 Å². The van der Waals surface area contributed by atoms with Crippen molar-refractivity contribution in [3.8, 4) is 5.75 Å². The number of nitrogens with zero attached hydrogens (tertiary/aromatic N) is 1. The number of carbonyl (C=O) groups excluding carboxylic acids is 2. The third-order valence-corrected chi connectivity index (χ3v) is 5.10. The van der Waals surface area contributed by atoms with Gasteiger partial charge in [-0.25, -0.2) is 5.01 Å². The van der Waals surface area contributed by atoms with Gasteiger partial charge in [0.05, 0.1) is 5.69 Å². The lowest BCUT2D eigenvalue weighted by Gasteiger charge is -2.20. The molecule has 1 saturated heterocycles. The molecule has 5 heteroatoms. The fourth-order valence-electron chi connectivity index (χ4n) is 3.57. The van der Waals surface area contributed by atoms with E-state index in [4.69, 9.17) is 0 Å². The van der Waals surface area contributed by atoms with Crippen molar-refractivity contribution in [2.45, 2.75) is 40.5 Å². The number of hydrogen-bond donors (Lipinski definition) is 2. The van der Waals surface area contributed by atoms with Crippen LogP contribution >= 0.6 is 0 Å². The van der Waals surface area contributed by atoms with E-state index in [1.54, 1.807) is 24.3 Å². The van der Waals surface area contributed by atoms with Gasteiger partial charge in [0.15, 0.2) is 0 Å². The van der Waals surface area contributed by atoms with Gasteiger partial charge in [-0.2, -0.15) is 0 Å². The Bertz CT molecular complexity index is 948. The van der Waals surface area contributed by atoms with Crippen molar-refractivity contribution in [3.63, 3.8) is 0 Å². The smallest absolute Gasteiger partial charge is 0.258 e. The van der Waals surface area contributed by atoms with E-state index in [9.17, 15) is 14.7 Å². The number of rotatable bonds is 5. The number of hydrazine groups is 1. The molecule has 1 aliphatic heterocycles. The number of nitrogens with one attached hydrogen (secondary N) is 1. The first-order chi connectivity index (χ1) is 14.5. The largest absolute Gasteiger partial charge is 0.507 e. The summed E-state index contributed by atoms with van der Waals surface area (Å²) in [5, 5.41) is 11.5. The van der Waals surface area contributed by atoms with Gasteiger partial charge in [-0.15, -0.1) is 0 Å². The summed E-state index contributed by atoms with van der Waals surface area (Å²) in [6.07, 6.45) is 7.45. The standard InChI is InChI=1S/C23H24N2O3.C2H6/c1-4-5-7-12-19-15(2)18(13-14-20(19)26)16(3)21-22(27)24-25(23(21)28)17-10-8-6-9-11-17;1-2/h4-14,16,21,26H,1-3H3,(H,24,27);1-2H3/b5-4-,12-7-;. The van der Waals surface area contributed by atoms with Gasteiger partial charge in [0, 0.05) is 11.5 Å². The maximum Gasteiger partial charge on any atom is 0.258 e. The van der Waals surface area contributed by atoms with E-state index in [0.717, 1.165) is 11.1 Å². The Kier molecular flexibility index (Phi) is 7.98. The average molecular weight is 407 g/mol. The fourth-order valence-corrected chi connectivity index (χ4v) is 3.57. The second kappa shape index (κ2) is 10.4. The zero-order valence-electron chi connectivity index (χ0n) is 18.2. The van der Waals surface area contributed by atoms with Crippen LogP contribution in [0, 0.1) is 12.8 Å². The lowest BCUT2D eigenvalue weighted by molar-refractivity contribution is -0.128. The number of amides is 2. The number of benzene rings is 2. The van der Waals surface area contributed by atoms with E-state index in [-0.39, 0.29) is 23.5 Å². The van der Waals surface area contributed by atoms with E-state index in [2.05, 4.69) is 5.43 Å². The molecule has 1 heterocycles. The number of phenolic OH excluding ortho intramolecular Hbond substituents is 1. The molecule has 1 aliphatic rings. The van der Waals surface area contributed by atoms with Crippen molar-refractivity contribution in [1.29, 1.82) is 0 Å². The maximum absolute atomic E-state index is 13.0. The lowest BCUT2D eigenvalue weighted by atomic mass is 9.83. The van der Waals surface area contributed by atoms with Crippen LogP contribution < -0.4 is 10.4 Å². The fraction of sp³-hybridized carbons (Fsp3) is 0.280. The van der Waals surface area contributed by atoms with E-state index in [1.807, 2.05) is 77.1 Å². The molecule has 30 heavy (non-hydrogen) atoms. The van der Waals surface area contributed by atoms with Crippen LogP contribution in [0.25, 0.3) is 6.08 Å². The minimum atomic E-state index is -0.823. The van der Waals surface area contributed by atoms with Gasteiger partial charge in [0.1, 0.15) is 11.7 Å². The monoisotopic (exact) mass is 406 g/mol. The van der Waals surface area contributed by atoms with Gasteiger partial charge < -0.3 is 5.11 Å². The van der Waals surface area contributed by atoms with E-state index in [0.29, 0.717) is 11.3 Å². The Hall–Kier alpha value is -3.34. The molecule has 2 aromatic carbocycles. The maximum atomic E-state index is 13.0. The van der Waals surface area contributed by atoms with Gasteiger partial charge in [0.2, 0.25) is 0 Å². The summed E-state index contributed by atoms with van der Waals surface area (Å²) >= 11 is 0.